The predicted molar refractivity (Wildman–Crippen MR) is 120 cm³/mol. The van der Waals surface area contributed by atoms with Crippen LogP contribution in [0, 0.1) is 0 Å². The van der Waals surface area contributed by atoms with Crippen molar-refractivity contribution in [2.75, 3.05) is 26.9 Å². The van der Waals surface area contributed by atoms with E-state index in [9.17, 15) is 14.7 Å². The van der Waals surface area contributed by atoms with Crippen LogP contribution in [-0.2, 0) is 14.3 Å². The van der Waals surface area contributed by atoms with Crippen molar-refractivity contribution in [2.45, 2.75) is 19.4 Å². The molecule has 1 N–H and O–H groups in total. The van der Waals surface area contributed by atoms with Gasteiger partial charge in [-0.1, -0.05) is 29.3 Å². The number of hydrogen-bond acceptors (Lipinski definition) is 5. The van der Waals surface area contributed by atoms with Crippen molar-refractivity contribution in [1.82, 2.24) is 4.90 Å². The first kappa shape index (κ1) is 23.1. The van der Waals surface area contributed by atoms with Gasteiger partial charge in [0, 0.05) is 35.4 Å². The molecule has 31 heavy (non-hydrogen) atoms. The van der Waals surface area contributed by atoms with E-state index in [4.69, 9.17) is 32.7 Å². The first-order valence-electron chi connectivity index (χ1n) is 9.84. The van der Waals surface area contributed by atoms with Gasteiger partial charge in [0.1, 0.15) is 11.5 Å². The molecule has 164 valence electrons. The van der Waals surface area contributed by atoms with Crippen LogP contribution in [0.15, 0.2) is 48.0 Å². The molecule has 1 aliphatic heterocycles. The number of ketones is 1. The second-order valence-electron chi connectivity index (χ2n) is 6.94. The van der Waals surface area contributed by atoms with Crippen molar-refractivity contribution >= 4 is 40.7 Å². The van der Waals surface area contributed by atoms with Crippen LogP contribution in [0.2, 0.25) is 10.0 Å². The van der Waals surface area contributed by atoms with Gasteiger partial charge < -0.3 is 19.5 Å². The number of Topliss-reactive ketones (excluding diaryl/α,β-unsaturated/α-hetero) is 1. The molecule has 1 saturated heterocycles. The van der Waals surface area contributed by atoms with Crippen molar-refractivity contribution < 1.29 is 24.2 Å². The van der Waals surface area contributed by atoms with Gasteiger partial charge in [-0.3, -0.25) is 9.59 Å². The van der Waals surface area contributed by atoms with Crippen molar-refractivity contribution in [2.24, 2.45) is 0 Å². The first-order chi connectivity index (χ1) is 14.9. The molecular weight excluding hydrogens is 441 g/mol. The Kier molecular flexibility index (Phi) is 7.59. The number of halogens is 2. The van der Waals surface area contributed by atoms with Crippen molar-refractivity contribution in [3.8, 4) is 5.75 Å². The van der Waals surface area contributed by atoms with Gasteiger partial charge in [-0.05, 0) is 55.3 Å². The minimum absolute atomic E-state index is 0.0178. The van der Waals surface area contributed by atoms with Crippen LogP contribution in [0.4, 0.5) is 0 Å². The number of methoxy groups -OCH3 is 1. The Bertz CT molecular complexity index is 1000. The number of carbonyl (C=O) groups excluding carboxylic acids is 2. The smallest absolute Gasteiger partial charge is 0.295 e. The number of aliphatic hydroxyl groups excluding tert-OH is 1. The van der Waals surface area contributed by atoms with E-state index in [0.29, 0.717) is 46.6 Å². The molecule has 1 amide bonds. The van der Waals surface area contributed by atoms with Crippen molar-refractivity contribution in [1.29, 1.82) is 0 Å². The number of likely N-dealkylation sites (tertiary alicyclic amines) is 1. The van der Waals surface area contributed by atoms with Crippen molar-refractivity contribution in [3.05, 3.63) is 69.2 Å². The Hall–Kier alpha value is -2.54. The molecule has 1 atom stereocenters. The highest BCUT2D eigenvalue weighted by Gasteiger charge is 2.46. The highest BCUT2D eigenvalue weighted by Crippen LogP contribution is 2.42. The fourth-order valence-corrected chi connectivity index (χ4v) is 4.05. The molecule has 2 aromatic carbocycles. The number of amides is 1. The molecule has 1 aliphatic rings. The van der Waals surface area contributed by atoms with Crippen LogP contribution in [0.3, 0.4) is 0 Å². The molecule has 8 heteroatoms. The Balaban J connectivity index is 2.09. The second kappa shape index (κ2) is 10.2. The van der Waals surface area contributed by atoms with Crippen LogP contribution >= 0.6 is 23.2 Å². The van der Waals surface area contributed by atoms with E-state index in [1.165, 1.54) is 12.0 Å². The molecule has 0 bridgehead atoms. The second-order valence-corrected chi connectivity index (χ2v) is 7.78. The van der Waals surface area contributed by atoms with E-state index in [0.717, 1.165) is 0 Å². The third kappa shape index (κ3) is 4.87. The molecule has 0 aliphatic carbocycles. The van der Waals surface area contributed by atoms with E-state index in [1.807, 2.05) is 6.92 Å². The Labute approximate surface area is 191 Å². The van der Waals surface area contributed by atoms with Gasteiger partial charge in [-0.2, -0.15) is 0 Å². The zero-order valence-corrected chi connectivity index (χ0v) is 18.7. The largest absolute Gasteiger partial charge is 0.507 e. The quantitative estimate of drug-likeness (QED) is 0.262. The van der Waals surface area contributed by atoms with Crippen LogP contribution in [-0.4, -0.2) is 48.6 Å². The van der Waals surface area contributed by atoms with Gasteiger partial charge in [-0.25, -0.2) is 0 Å². The monoisotopic (exact) mass is 463 g/mol. The highest BCUT2D eigenvalue weighted by atomic mass is 35.5. The maximum absolute atomic E-state index is 13.0. The summed E-state index contributed by atoms with van der Waals surface area (Å²) in [5.74, 6) is -1.13. The van der Waals surface area contributed by atoms with Gasteiger partial charge in [0.15, 0.2) is 0 Å². The molecule has 0 radical (unpaired) electrons. The zero-order valence-electron chi connectivity index (χ0n) is 17.2. The van der Waals surface area contributed by atoms with Crippen LogP contribution < -0.4 is 4.74 Å². The number of benzene rings is 2. The van der Waals surface area contributed by atoms with Crippen LogP contribution in [0.1, 0.15) is 30.5 Å². The fourth-order valence-electron chi connectivity index (χ4n) is 3.54. The summed E-state index contributed by atoms with van der Waals surface area (Å²) in [6.45, 7) is 3.16. The highest BCUT2D eigenvalue weighted by molar-refractivity contribution is 6.47. The SMILES string of the molecule is CCOCCCN1C(=O)C(=O)/C(=C(\O)c2ccc(OC)cc2)C1c1ccc(Cl)cc1Cl. The summed E-state index contributed by atoms with van der Waals surface area (Å²) in [5, 5.41) is 11.8. The zero-order chi connectivity index (χ0) is 22.5. The number of ether oxygens (including phenoxy) is 2. The Morgan fingerprint density at radius 2 is 1.84 bits per heavy atom. The van der Waals surface area contributed by atoms with E-state index in [-0.39, 0.29) is 17.9 Å². The minimum atomic E-state index is -0.839. The molecule has 3 rings (SSSR count). The number of rotatable bonds is 8. The van der Waals surface area contributed by atoms with E-state index in [1.54, 1.807) is 42.5 Å². The third-order valence-corrected chi connectivity index (χ3v) is 5.61. The van der Waals surface area contributed by atoms with Gasteiger partial charge in [0.05, 0.1) is 18.7 Å². The summed E-state index contributed by atoms with van der Waals surface area (Å²) in [6, 6.07) is 10.6. The lowest BCUT2D eigenvalue weighted by molar-refractivity contribution is -0.140. The molecule has 1 unspecified atom stereocenters. The topological polar surface area (TPSA) is 76.1 Å². The molecule has 0 aromatic heterocycles. The number of carbonyl (C=O) groups is 2. The van der Waals surface area contributed by atoms with E-state index in [2.05, 4.69) is 0 Å². The fraction of sp³-hybridized carbons (Fsp3) is 0.304. The normalized spacial score (nSPS) is 17.9. The lowest BCUT2D eigenvalue weighted by Gasteiger charge is -2.26. The summed E-state index contributed by atoms with van der Waals surface area (Å²) in [4.78, 5) is 27.3. The Morgan fingerprint density at radius 3 is 2.45 bits per heavy atom. The summed E-state index contributed by atoms with van der Waals surface area (Å²) in [6.07, 6.45) is 0.533. The van der Waals surface area contributed by atoms with Gasteiger partial charge >= 0.3 is 0 Å². The Morgan fingerprint density at radius 1 is 1.13 bits per heavy atom. The van der Waals surface area contributed by atoms with E-state index >= 15 is 0 Å². The molecule has 0 spiro atoms. The molecule has 0 saturated carbocycles. The van der Waals surface area contributed by atoms with Gasteiger partial charge in [0.25, 0.3) is 11.7 Å². The summed E-state index contributed by atoms with van der Waals surface area (Å²) >= 11 is 12.5. The molecular formula is C23H23Cl2NO5. The lowest BCUT2D eigenvalue weighted by atomic mass is 9.95. The number of hydrogen-bond donors (Lipinski definition) is 1. The first-order valence-corrected chi connectivity index (χ1v) is 10.6. The number of nitrogens with zero attached hydrogens (tertiary/aromatic N) is 1. The molecule has 6 nitrogen and oxygen atoms in total. The van der Waals surface area contributed by atoms with Gasteiger partial charge in [0.2, 0.25) is 0 Å². The summed E-state index contributed by atoms with van der Waals surface area (Å²) in [5.41, 5.74) is 0.885. The van der Waals surface area contributed by atoms with E-state index < -0.39 is 17.7 Å². The third-order valence-electron chi connectivity index (χ3n) is 5.05. The average molecular weight is 464 g/mol. The van der Waals surface area contributed by atoms with Crippen molar-refractivity contribution in [3.63, 3.8) is 0 Å². The summed E-state index contributed by atoms with van der Waals surface area (Å²) < 4.78 is 10.5. The maximum atomic E-state index is 13.0. The predicted octanol–water partition coefficient (Wildman–Crippen LogP) is 4.85. The lowest BCUT2D eigenvalue weighted by Crippen LogP contribution is -2.31. The standard InChI is InChI=1S/C23H23Cl2NO5/c1-3-31-12-4-11-26-20(17-10-7-15(24)13-18(17)25)19(22(28)23(26)29)21(27)14-5-8-16(30-2)9-6-14/h5-10,13,20,27H,3-4,11-12H2,1-2H3/b21-19-. The summed E-state index contributed by atoms with van der Waals surface area (Å²) in [7, 11) is 1.53. The average Bonchev–Trinajstić information content (AvgIpc) is 3.01. The maximum Gasteiger partial charge on any atom is 0.295 e. The molecule has 1 heterocycles. The minimum Gasteiger partial charge on any atom is -0.507 e. The number of aliphatic hydroxyl groups is 1. The van der Waals surface area contributed by atoms with Crippen LogP contribution in [0.5, 0.6) is 5.75 Å². The molecule has 2 aromatic rings. The van der Waals surface area contributed by atoms with Gasteiger partial charge in [-0.15, -0.1) is 0 Å². The van der Waals surface area contributed by atoms with Crippen LogP contribution in [0.25, 0.3) is 5.76 Å². The molecule has 1 fully saturated rings.